The highest BCUT2D eigenvalue weighted by molar-refractivity contribution is 7.15. The molecule has 5 rings (SSSR count). The number of hydrogen-bond donors (Lipinski definition) is 1. The Labute approximate surface area is 147 Å². The first-order valence-corrected chi connectivity index (χ1v) is 8.94. The molecule has 0 bridgehead atoms. The summed E-state index contributed by atoms with van der Waals surface area (Å²) in [6.07, 6.45) is 1.99. The zero-order chi connectivity index (χ0) is 17.1. The molecule has 0 spiro atoms. The normalized spacial score (nSPS) is 12.8. The van der Waals surface area contributed by atoms with Crippen LogP contribution < -0.4 is 10.1 Å². The predicted molar refractivity (Wildman–Crippen MR) is 103 cm³/mol. The molecule has 0 radical (unpaired) electrons. The molecule has 2 aromatic carbocycles. The Morgan fingerprint density at radius 1 is 1.16 bits per heavy atom. The van der Waals surface area contributed by atoms with E-state index >= 15 is 0 Å². The summed E-state index contributed by atoms with van der Waals surface area (Å²) in [5.74, 6) is 0. The zero-order valence-corrected chi connectivity index (χ0v) is 14.6. The van der Waals surface area contributed by atoms with Crippen LogP contribution >= 0.6 is 11.3 Å². The van der Waals surface area contributed by atoms with E-state index in [1.165, 1.54) is 16.9 Å². The number of nitrogens with one attached hydrogen (secondary N) is 1. The van der Waals surface area contributed by atoms with Crippen LogP contribution in [0.2, 0.25) is 0 Å². The van der Waals surface area contributed by atoms with Crippen LogP contribution in [0.4, 0.5) is 0 Å². The molecule has 0 saturated carbocycles. The fourth-order valence-corrected chi connectivity index (χ4v) is 4.36. The van der Waals surface area contributed by atoms with E-state index in [2.05, 4.69) is 35.1 Å². The lowest BCUT2D eigenvalue weighted by molar-refractivity contribution is 1.19. The van der Waals surface area contributed by atoms with Crippen molar-refractivity contribution in [3.63, 3.8) is 0 Å². The molecule has 3 heterocycles. The van der Waals surface area contributed by atoms with Gasteiger partial charge in [0, 0.05) is 22.2 Å². The van der Waals surface area contributed by atoms with Gasteiger partial charge in [0.25, 0.3) is 5.56 Å². The fourth-order valence-electron chi connectivity index (χ4n) is 3.39. The highest BCUT2D eigenvalue weighted by Gasteiger charge is 2.12. The monoisotopic (exact) mass is 345 g/mol. The Morgan fingerprint density at radius 3 is 2.88 bits per heavy atom. The maximum Gasteiger partial charge on any atom is 0.274 e. The van der Waals surface area contributed by atoms with Crippen LogP contribution in [0, 0.1) is 13.8 Å². The van der Waals surface area contributed by atoms with Crippen LogP contribution in [0.1, 0.15) is 16.8 Å². The second kappa shape index (κ2) is 5.04. The van der Waals surface area contributed by atoms with Crippen molar-refractivity contribution >= 4 is 44.3 Å². The molecule has 0 aliphatic rings. The molecule has 0 fully saturated rings. The first-order valence-electron chi connectivity index (χ1n) is 8.12. The number of hydrogen-bond acceptors (Lipinski definition) is 3. The van der Waals surface area contributed by atoms with Crippen molar-refractivity contribution in [1.82, 2.24) is 14.4 Å². The minimum atomic E-state index is -0.00453. The molecular formula is C20H15N3OS. The van der Waals surface area contributed by atoms with Crippen molar-refractivity contribution in [2.24, 2.45) is 0 Å². The third-order valence-electron chi connectivity index (χ3n) is 4.61. The summed E-state index contributed by atoms with van der Waals surface area (Å²) in [6, 6.07) is 14.1. The van der Waals surface area contributed by atoms with E-state index in [-0.39, 0.29) is 5.56 Å². The fraction of sp³-hybridized carbons (Fsp3) is 0.100. The number of fused-ring (bicyclic) bond motifs is 4. The minimum absolute atomic E-state index is 0.00453. The van der Waals surface area contributed by atoms with E-state index in [1.807, 2.05) is 37.3 Å². The predicted octanol–water partition coefficient (Wildman–Crippen LogP) is 3.56. The molecule has 25 heavy (non-hydrogen) atoms. The molecule has 1 N–H and O–H groups in total. The second-order valence-electron chi connectivity index (χ2n) is 6.35. The number of aryl methyl sites for hydroxylation is 2. The lowest BCUT2D eigenvalue weighted by Crippen LogP contribution is -2.22. The van der Waals surface area contributed by atoms with Gasteiger partial charge in [0.05, 0.1) is 15.6 Å². The van der Waals surface area contributed by atoms with Gasteiger partial charge >= 0.3 is 0 Å². The van der Waals surface area contributed by atoms with Crippen molar-refractivity contribution in [3.8, 4) is 0 Å². The quantitative estimate of drug-likeness (QED) is 0.505. The summed E-state index contributed by atoms with van der Waals surface area (Å²) in [7, 11) is 0. The number of H-pyrrole nitrogens is 1. The molecular weight excluding hydrogens is 330 g/mol. The summed E-state index contributed by atoms with van der Waals surface area (Å²) in [4.78, 5) is 21.7. The molecule has 3 aromatic heterocycles. The Kier molecular flexibility index (Phi) is 2.91. The summed E-state index contributed by atoms with van der Waals surface area (Å²) >= 11 is 1.44. The Morgan fingerprint density at radius 2 is 2.00 bits per heavy atom. The van der Waals surface area contributed by atoms with Gasteiger partial charge in [-0.3, -0.25) is 4.79 Å². The number of rotatable bonds is 1. The largest absolute Gasteiger partial charge is 0.358 e. The molecule has 0 aliphatic carbocycles. The van der Waals surface area contributed by atoms with Gasteiger partial charge in [0.1, 0.15) is 0 Å². The molecule has 5 aromatic rings. The number of aromatic amines is 1. The van der Waals surface area contributed by atoms with Crippen molar-refractivity contribution in [1.29, 1.82) is 0 Å². The van der Waals surface area contributed by atoms with E-state index in [1.54, 1.807) is 4.40 Å². The maximum atomic E-state index is 12.9. The Balaban J connectivity index is 1.84. The Bertz CT molecular complexity index is 1390. The van der Waals surface area contributed by atoms with Crippen molar-refractivity contribution in [2.45, 2.75) is 13.8 Å². The highest BCUT2D eigenvalue weighted by Crippen LogP contribution is 2.24. The average Bonchev–Trinajstić information content (AvgIpc) is 3.20. The number of imidazole rings is 1. The van der Waals surface area contributed by atoms with E-state index in [0.29, 0.717) is 4.53 Å². The van der Waals surface area contributed by atoms with Crippen LogP contribution in [0.3, 0.4) is 0 Å². The van der Waals surface area contributed by atoms with E-state index in [9.17, 15) is 4.79 Å². The number of nitrogens with zero attached hydrogens (tertiary/aromatic N) is 2. The molecule has 0 amide bonds. The first kappa shape index (κ1) is 14.4. The zero-order valence-electron chi connectivity index (χ0n) is 13.8. The highest BCUT2D eigenvalue weighted by atomic mass is 32.1. The average molecular weight is 345 g/mol. The van der Waals surface area contributed by atoms with Gasteiger partial charge in [-0.25, -0.2) is 9.38 Å². The van der Waals surface area contributed by atoms with Gasteiger partial charge in [-0.1, -0.05) is 35.1 Å². The molecule has 122 valence electrons. The second-order valence-corrected chi connectivity index (χ2v) is 7.36. The van der Waals surface area contributed by atoms with Crippen molar-refractivity contribution < 1.29 is 0 Å². The van der Waals surface area contributed by atoms with Gasteiger partial charge in [-0.15, -0.1) is 0 Å². The molecule has 0 unspecified atom stereocenters. The standard InChI is InChI=1S/C20H15N3OS/c1-11-7-8-15-14(9-11)13(12(2)21-15)10-18-19(24)23-17-6-4-3-5-16(17)22-20(23)25-18/h3-10,21H,1-2H3/b18-10+. The van der Waals surface area contributed by atoms with E-state index in [0.717, 1.165) is 38.2 Å². The Hall–Kier alpha value is -2.92. The van der Waals surface area contributed by atoms with Crippen LogP contribution in [0.5, 0.6) is 0 Å². The molecule has 0 atom stereocenters. The molecule has 0 saturated heterocycles. The smallest absolute Gasteiger partial charge is 0.274 e. The van der Waals surface area contributed by atoms with Crippen molar-refractivity contribution in [3.05, 3.63) is 74.2 Å². The van der Waals surface area contributed by atoms with Gasteiger partial charge in [-0.2, -0.15) is 0 Å². The summed E-state index contributed by atoms with van der Waals surface area (Å²) in [5, 5.41) is 1.15. The van der Waals surface area contributed by atoms with Gasteiger partial charge in [0.15, 0.2) is 4.96 Å². The van der Waals surface area contributed by atoms with E-state index < -0.39 is 0 Å². The SMILES string of the molecule is Cc1ccc2[nH]c(C)c(/C=c3/sc4nc5ccccc5n4c3=O)c2c1. The van der Waals surface area contributed by atoms with E-state index in [4.69, 9.17) is 0 Å². The van der Waals surface area contributed by atoms with Crippen LogP contribution in [0.25, 0.3) is 33.0 Å². The molecule has 4 nitrogen and oxygen atoms in total. The summed E-state index contributed by atoms with van der Waals surface area (Å²) in [6.45, 7) is 4.12. The van der Waals surface area contributed by atoms with Crippen LogP contribution in [-0.4, -0.2) is 14.4 Å². The number of thiazole rings is 1. The minimum Gasteiger partial charge on any atom is -0.358 e. The summed E-state index contributed by atoms with van der Waals surface area (Å²) < 4.78 is 2.42. The number of benzene rings is 2. The molecule has 0 aliphatic heterocycles. The van der Waals surface area contributed by atoms with Crippen molar-refractivity contribution in [2.75, 3.05) is 0 Å². The van der Waals surface area contributed by atoms with Gasteiger partial charge in [-0.05, 0) is 44.2 Å². The first-order chi connectivity index (χ1) is 12.1. The van der Waals surface area contributed by atoms with Gasteiger partial charge in [0.2, 0.25) is 0 Å². The third-order valence-corrected chi connectivity index (χ3v) is 5.58. The maximum absolute atomic E-state index is 12.9. The summed E-state index contributed by atoms with van der Waals surface area (Å²) in [5.41, 5.74) is 6.15. The lowest BCUT2D eigenvalue weighted by Gasteiger charge is -1.95. The van der Waals surface area contributed by atoms with Crippen LogP contribution in [0.15, 0.2) is 47.3 Å². The number of para-hydroxylation sites is 2. The topological polar surface area (TPSA) is 50.2 Å². The number of aromatic nitrogens is 3. The lowest BCUT2D eigenvalue weighted by atomic mass is 10.1. The van der Waals surface area contributed by atoms with Crippen LogP contribution in [-0.2, 0) is 0 Å². The van der Waals surface area contributed by atoms with Gasteiger partial charge < -0.3 is 4.98 Å². The molecule has 5 heteroatoms. The third kappa shape index (κ3) is 2.06.